The molecule has 0 saturated carbocycles. The van der Waals surface area contributed by atoms with Gasteiger partial charge in [0.15, 0.2) is 0 Å². The van der Waals surface area contributed by atoms with Gasteiger partial charge >= 0.3 is 0 Å². The summed E-state index contributed by atoms with van der Waals surface area (Å²) in [6.07, 6.45) is 0.379. The SMILES string of the molecule is COCCN(CC(=O)N(C)CCC#N)CC(C)C. The molecular weight excluding hydrogens is 230 g/mol. The molecule has 0 saturated heterocycles. The Kier molecular flexibility index (Phi) is 9.25. The fraction of sp³-hybridized carbons (Fsp3) is 0.846. The van der Waals surface area contributed by atoms with Gasteiger partial charge in [-0.05, 0) is 5.92 Å². The number of amides is 1. The first kappa shape index (κ1) is 16.9. The van der Waals surface area contributed by atoms with Crippen LogP contribution in [0.3, 0.4) is 0 Å². The molecule has 0 unspecified atom stereocenters. The number of methoxy groups -OCH3 is 1. The maximum atomic E-state index is 11.9. The fourth-order valence-electron chi connectivity index (χ4n) is 1.63. The summed E-state index contributed by atoms with van der Waals surface area (Å²) in [7, 11) is 3.40. The summed E-state index contributed by atoms with van der Waals surface area (Å²) in [5.74, 6) is 0.570. The van der Waals surface area contributed by atoms with Crippen LogP contribution in [0.5, 0.6) is 0 Å². The lowest BCUT2D eigenvalue weighted by Gasteiger charge is -2.25. The monoisotopic (exact) mass is 255 g/mol. The summed E-state index contributed by atoms with van der Waals surface area (Å²) >= 11 is 0. The van der Waals surface area contributed by atoms with Crippen molar-refractivity contribution in [2.24, 2.45) is 5.92 Å². The zero-order valence-corrected chi connectivity index (χ0v) is 12.0. The van der Waals surface area contributed by atoms with Crippen LogP contribution in [-0.2, 0) is 9.53 Å². The van der Waals surface area contributed by atoms with E-state index in [4.69, 9.17) is 10.00 Å². The molecule has 5 heteroatoms. The van der Waals surface area contributed by atoms with Gasteiger partial charge in [-0.3, -0.25) is 9.69 Å². The Morgan fingerprint density at radius 2 is 2.06 bits per heavy atom. The summed E-state index contributed by atoms with van der Waals surface area (Å²) < 4.78 is 5.05. The molecule has 0 spiro atoms. The van der Waals surface area contributed by atoms with Crippen molar-refractivity contribution < 1.29 is 9.53 Å². The van der Waals surface area contributed by atoms with Crippen molar-refractivity contribution in [1.82, 2.24) is 9.80 Å². The number of likely N-dealkylation sites (N-methyl/N-ethyl adjacent to an activating group) is 1. The molecular formula is C13H25N3O2. The van der Waals surface area contributed by atoms with E-state index in [0.717, 1.165) is 13.1 Å². The summed E-state index contributed by atoms with van der Waals surface area (Å²) in [5, 5.41) is 8.50. The van der Waals surface area contributed by atoms with Crippen molar-refractivity contribution in [1.29, 1.82) is 5.26 Å². The lowest BCUT2D eigenvalue weighted by atomic mass is 10.2. The van der Waals surface area contributed by atoms with Crippen molar-refractivity contribution in [2.75, 3.05) is 46.9 Å². The summed E-state index contributed by atoms with van der Waals surface area (Å²) in [4.78, 5) is 15.6. The van der Waals surface area contributed by atoms with E-state index in [1.54, 1.807) is 19.1 Å². The summed E-state index contributed by atoms with van der Waals surface area (Å²) in [5.41, 5.74) is 0. The Bertz CT molecular complexity index is 274. The number of rotatable bonds is 9. The first-order chi connectivity index (χ1) is 8.51. The van der Waals surface area contributed by atoms with E-state index in [0.29, 0.717) is 32.0 Å². The van der Waals surface area contributed by atoms with Gasteiger partial charge in [-0.25, -0.2) is 0 Å². The van der Waals surface area contributed by atoms with Crippen molar-refractivity contribution in [2.45, 2.75) is 20.3 Å². The van der Waals surface area contributed by atoms with E-state index in [-0.39, 0.29) is 5.91 Å². The predicted octanol–water partition coefficient (Wildman–Crippen LogP) is 0.963. The summed E-state index contributed by atoms with van der Waals surface area (Å²) in [6.45, 7) is 7.40. The summed E-state index contributed by atoms with van der Waals surface area (Å²) in [6, 6.07) is 2.05. The second-order valence-corrected chi connectivity index (χ2v) is 4.85. The highest BCUT2D eigenvalue weighted by Gasteiger charge is 2.15. The van der Waals surface area contributed by atoms with Crippen molar-refractivity contribution in [3.8, 4) is 6.07 Å². The van der Waals surface area contributed by atoms with E-state index < -0.39 is 0 Å². The van der Waals surface area contributed by atoms with Crippen LogP contribution in [0.25, 0.3) is 0 Å². The van der Waals surface area contributed by atoms with Gasteiger partial charge in [-0.1, -0.05) is 13.8 Å². The predicted molar refractivity (Wildman–Crippen MR) is 71.0 cm³/mol. The topological polar surface area (TPSA) is 56.6 Å². The molecule has 0 fully saturated rings. The molecule has 0 aliphatic carbocycles. The molecule has 18 heavy (non-hydrogen) atoms. The van der Waals surface area contributed by atoms with E-state index >= 15 is 0 Å². The van der Waals surface area contributed by atoms with Crippen LogP contribution in [0.15, 0.2) is 0 Å². The van der Waals surface area contributed by atoms with Crippen LogP contribution in [-0.4, -0.2) is 62.7 Å². The van der Waals surface area contributed by atoms with Crippen LogP contribution in [0.2, 0.25) is 0 Å². The number of carbonyl (C=O) groups is 1. The minimum Gasteiger partial charge on any atom is -0.383 e. The van der Waals surface area contributed by atoms with Gasteiger partial charge in [0.25, 0.3) is 0 Å². The van der Waals surface area contributed by atoms with Gasteiger partial charge in [0.2, 0.25) is 5.91 Å². The van der Waals surface area contributed by atoms with E-state index in [9.17, 15) is 4.79 Å². The Morgan fingerprint density at radius 3 is 2.56 bits per heavy atom. The maximum absolute atomic E-state index is 11.9. The molecule has 0 N–H and O–H groups in total. The molecule has 5 nitrogen and oxygen atoms in total. The minimum atomic E-state index is 0.0574. The smallest absolute Gasteiger partial charge is 0.236 e. The van der Waals surface area contributed by atoms with Crippen LogP contribution >= 0.6 is 0 Å². The standard InChI is InChI=1S/C13H25N3O2/c1-12(2)10-16(8-9-18-4)11-13(17)15(3)7-5-6-14/h12H,5,7-11H2,1-4H3. The van der Waals surface area contributed by atoms with Crippen molar-refractivity contribution in [3.63, 3.8) is 0 Å². The zero-order chi connectivity index (χ0) is 14.0. The lowest BCUT2D eigenvalue weighted by Crippen LogP contribution is -2.41. The first-order valence-corrected chi connectivity index (χ1v) is 6.33. The third-order valence-electron chi connectivity index (χ3n) is 2.58. The van der Waals surface area contributed by atoms with E-state index in [1.807, 2.05) is 6.07 Å². The number of hydrogen-bond acceptors (Lipinski definition) is 4. The van der Waals surface area contributed by atoms with Crippen molar-refractivity contribution in [3.05, 3.63) is 0 Å². The van der Waals surface area contributed by atoms with Gasteiger partial charge in [-0.15, -0.1) is 0 Å². The van der Waals surface area contributed by atoms with Crippen LogP contribution in [0.4, 0.5) is 0 Å². The molecule has 0 rings (SSSR count). The third-order valence-corrected chi connectivity index (χ3v) is 2.58. The molecule has 0 aliphatic heterocycles. The first-order valence-electron chi connectivity index (χ1n) is 6.33. The number of hydrogen-bond donors (Lipinski definition) is 0. The number of ether oxygens (including phenoxy) is 1. The van der Waals surface area contributed by atoms with Gasteiger partial charge < -0.3 is 9.64 Å². The Balaban J connectivity index is 4.19. The molecule has 0 atom stereocenters. The molecule has 0 bridgehead atoms. The molecule has 0 aromatic rings. The number of nitrogens with zero attached hydrogens (tertiary/aromatic N) is 3. The number of nitriles is 1. The second-order valence-electron chi connectivity index (χ2n) is 4.85. The molecule has 0 aromatic heterocycles. The van der Waals surface area contributed by atoms with Gasteiger partial charge in [-0.2, -0.15) is 5.26 Å². The maximum Gasteiger partial charge on any atom is 0.236 e. The highest BCUT2D eigenvalue weighted by atomic mass is 16.5. The van der Waals surface area contributed by atoms with Gasteiger partial charge in [0.1, 0.15) is 0 Å². The Labute approximate surface area is 110 Å². The zero-order valence-electron chi connectivity index (χ0n) is 12.0. The molecule has 0 heterocycles. The molecule has 0 aliphatic rings. The van der Waals surface area contributed by atoms with E-state index in [2.05, 4.69) is 18.7 Å². The molecule has 0 radical (unpaired) electrons. The fourth-order valence-corrected chi connectivity index (χ4v) is 1.63. The van der Waals surface area contributed by atoms with Gasteiger partial charge in [0.05, 0.1) is 25.6 Å². The van der Waals surface area contributed by atoms with E-state index in [1.165, 1.54) is 0 Å². The third kappa shape index (κ3) is 8.04. The van der Waals surface area contributed by atoms with Gasteiger partial charge in [0, 0.05) is 33.8 Å². The number of carbonyl (C=O) groups excluding carboxylic acids is 1. The quantitative estimate of drug-likeness (QED) is 0.616. The van der Waals surface area contributed by atoms with Crippen molar-refractivity contribution >= 4 is 5.91 Å². The lowest BCUT2D eigenvalue weighted by molar-refractivity contribution is -0.131. The normalized spacial score (nSPS) is 10.7. The average molecular weight is 255 g/mol. The highest BCUT2D eigenvalue weighted by molar-refractivity contribution is 5.77. The Morgan fingerprint density at radius 1 is 1.39 bits per heavy atom. The van der Waals surface area contributed by atoms with Crippen LogP contribution < -0.4 is 0 Å². The second kappa shape index (κ2) is 9.86. The minimum absolute atomic E-state index is 0.0574. The molecule has 104 valence electrons. The molecule has 0 aromatic carbocycles. The highest BCUT2D eigenvalue weighted by Crippen LogP contribution is 2.00. The Hall–Kier alpha value is -1.12. The van der Waals surface area contributed by atoms with Crippen LogP contribution in [0, 0.1) is 17.2 Å². The van der Waals surface area contributed by atoms with Crippen LogP contribution in [0.1, 0.15) is 20.3 Å². The largest absolute Gasteiger partial charge is 0.383 e. The average Bonchev–Trinajstić information content (AvgIpc) is 2.32. The molecule has 1 amide bonds.